The fraction of sp³-hybridized carbons (Fsp3) is 0.316. The van der Waals surface area contributed by atoms with Crippen LogP contribution in [0.25, 0.3) is 0 Å². The number of benzene rings is 2. The third kappa shape index (κ3) is 5.32. The Balaban J connectivity index is 1.36. The first kappa shape index (κ1) is 17.5. The summed E-state index contributed by atoms with van der Waals surface area (Å²) in [6.45, 7) is 4.09. The topological polar surface area (TPSA) is 56.8 Å². The van der Waals surface area contributed by atoms with Gasteiger partial charge in [0.05, 0.1) is 12.3 Å². The van der Waals surface area contributed by atoms with Crippen molar-refractivity contribution in [2.45, 2.75) is 11.8 Å². The third-order valence-electron chi connectivity index (χ3n) is 3.60. The molecule has 0 fully saturated rings. The predicted molar refractivity (Wildman–Crippen MR) is 97.8 cm³/mol. The molecule has 1 N–H and O–H groups in total. The summed E-state index contributed by atoms with van der Waals surface area (Å²) in [5, 5.41) is 2.86. The van der Waals surface area contributed by atoms with Gasteiger partial charge in [0, 0.05) is 4.90 Å². The van der Waals surface area contributed by atoms with Crippen molar-refractivity contribution in [3.63, 3.8) is 0 Å². The van der Waals surface area contributed by atoms with Crippen molar-refractivity contribution < 1.29 is 19.0 Å². The van der Waals surface area contributed by atoms with Crippen LogP contribution in [0, 0.1) is 6.92 Å². The molecule has 6 heteroatoms. The molecule has 0 bridgehead atoms. The number of thioether (sulfide) groups is 1. The summed E-state index contributed by atoms with van der Waals surface area (Å²) < 4.78 is 16.6. The SMILES string of the molecule is Cc1ccc(OCCNC(=O)CSc2ccc3c(c2)OCCO3)cc1. The number of aryl methyl sites for hydroxylation is 1. The maximum absolute atomic E-state index is 11.9. The number of amides is 1. The lowest BCUT2D eigenvalue weighted by molar-refractivity contribution is -0.118. The Hall–Kier alpha value is -2.34. The van der Waals surface area contributed by atoms with Gasteiger partial charge in [-0.05, 0) is 37.3 Å². The zero-order valence-electron chi connectivity index (χ0n) is 14.1. The van der Waals surface area contributed by atoms with Gasteiger partial charge < -0.3 is 19.5 Å². The van der Waals surface area contributed by atoms with Gasteiger partial charge in [0.2, 0.25) is 5.91 Å². The molecule has 0 atom stereocenters. The number of rotatable bonds is 7. The van der Waals surface area contributed by atoms with Gasteiger partial charge in [-0.15, -0.1) is 11.8 Å². The smallest absolute Gasteiger partial charge is 0.230 e. The summed E-state index contributed by atoms with van der Waals surface area (Å²) in [4.78, 5) is 12.9. The van der Waals surface area contributed by atoms with Gasteiger partial charge in [-0.1, -0.05) is 17.7 Å². The van der Waals surface area contributed by atoms with Crippen molar-refractivity contribution in [1.82, 2.24) is 5.32 Å². The van der Waals surface area contributed by atoms with Crippen LogP contribution >= 0.6 is 11.8 Å². The van der Waals surface area contributed by atoms with Gasteiger partial charge in [0.25, 0.3) is 0 Å². The van der Waals surface area contributed by atoms with Crippen molar-refractivity contribution >= 4 is 17.7 Å². The molecule has 3 rings (SSSR count). The lowest BCUT2D eigenvalue weighted by atomic mass is 10.2. The van der Waals surface area contributed by atoms with E-state index in [4.69, 9.17) is 14.2 Å². The summed E-state index contributed by atoms with van der Waals surface area (Å²) in [7, 11) is 0. The molecule has 2 aromatic carbocycles. The average molecular weight is 359 g/mol. The quantitative estimate of drug-likeness (QED) is 0.608. The molecule has 0 aliphatic carbocycles. The molecule has 2 aromatic rings. The van der Waals surface area contributed by atoms with E-state index in [0.717, 1.165) is 22.1 Å². The van der Waals surface area contributed by atoms with E-state index in [-0.39, 0.29) is 5.91 Å². The molecule has 1 aliphatic heterocycles. The van der Waals surface area contributed by atoms with Gasteiger partial charge in [0.15, 0.2) is 11.5 Å². The van der Waals surface area contributed by atoms with Crippen molar-refractivity contribution in [3.05, 3.63) is 48.0 Å². The second-order valence-corrected chi connectivity index (χ2v) is 6.65. The van der Waals surface area contributed by atoms with Crippen LogP contribution in [-0.4, -0.2) is 38.0 Å². The Kier molecular flexibility index (Phi) is 6.06. The highest BCUT2D eigenvalue weighted by atomic mass is 32.2. The van der Waals surface area contributed by atoms with Gasteiger partial charge >= 0.3 is 0 Å². The second-order valence-electron chi connectivity index (χ2n) is 5.61. The van der Waals surface area contributed by atoms with Crippen molar-refractivity contribution in [2.24, 2.45) is 0 Å². The number of hydrogen-bond acceptors (Lipinski definition) is 5. The number of nitrogens with one attached hydrogen (secondary N) is 1. The van der Waals surface area contributed by atoms with E-state index in [1.54, 1.807) is 0 Å². The van der Waals surface area contributed by atoms with Gasteiger partial charge in [-0.2, -0.15) is 0 Å². The van der Waals surface area contributed by atoms with E-state index < -0.39 is 0 Å². The Morgan fingerprint density at radius 3 is 2.68 bits per heavy atom. The van der Waals surface area contributed by atoms with Crippen LogP contribution in [0.5, 0.6) is 17.2 Å². The van der Waals surface area contributed by atoms with Crippen molar-refractivity contribution in [1.29, 1.82) is 0 Å². The molecule has 1 heterocycles. The molecule has 0 aromatic heterocycles. The number of carbonyl (C=O) groups is 1. The van der Waals surface area contributed by atoms with Crippen LogP contribution in [0.4, 0.5) is 0 Å². The lowest BCUT2D eigenvalue weighted by Crippen LogP contribution is -2.29. The van der Waals surface area contributed by atoms with E-state index in [1.807, 2.05) is 49.4 Å². The molecule has 1 aliphatic rings. The predicted octanol–water partition coefficient (Wildman–Crippen LogP) is 3.05. The summed E-state index contributed by atoms with van der Waals surface area (Å²) in [5.74, 6) is 2.64. The zero-order chi connectivity index (χ0) is 17.5. The Morgan fingerprint density at radius 2 is 1.88 bits per heavy atom. The number of fused-ring (bicyclic) bond motifs is 1. The van der Waals surface area contributed by atoms with E-state index in [9.17, 15) is 4.79 Å². The van der Waals surface area contributed by atoms with Crippen LogP contribution in [0.15, 0.2) is 47.4 Å². The minimum absolute atomic E-state index is 0.0209. The summed E-state index contributed by atoms with van der Waals surface area (Å²) >= 11 is 1.47. The van der Waals surface area contributed by atoms with Crippen LogP contribution in [0.3, 0.4) is 0 Å². The monoisotopic (exact) mass is 359 g/mol. The molecule has 0 saturated heterocycles. The largest absolute Gasteiger partial charge is 0.492 e. The van der Waals surface area contributed by atoms with Crippen molar-refractivity contribution in [2.75, 3.05) is 32.1 Å². The molecule has 0 spiro atoms. The third-order valence-corrected chi connectivity index (χ3v) is 4.59. The van der Waals surface area contributed by atoms with Crippen LogP contribution in [-0.2, 0) is 4.79 Å². The van der Waals surface area contributed by atoms with Gasteiger partial charge in [-0.3, -0.25) is 4.79 Å². The van der Waals surface area contributed by atoms with Crippen LogP contribution in [0.2, 0.25) is 0 Å². The highest BCUT2D eigenvalue weighted by Gasteiger charge is 2.12. The van der Waals surface area contributed by atoms with Gasteiger partial charge in [-0.25, -0.2) is 0 Å². The molecule has 1 amide bonds. The average Bonchev–Trinajstić information content (AvgIpc) is 2.65. The van der Waals surface area contributed by atoms with E-state index in [2.05, 4.69) is 5.32 Å². The molecule has 5 nitrogen and oxygen atoms in total. The molecule has 0 unspecified atom stereocenters. The molecule has 132 valence electrons. The van der Waals surface area contributed by atoms with Gasteiger partial charge in [0.1, 0.15) is 25.6 Å². The molecule has 0 saturated carbocycles. The summed E-state index contributed by atoms with van der Waals surface area (Å²) in [6.07, 6.45) is 0. The first-order valence-corrected chi connectivity index (χ1v) is 9.18. The fourth-order valence-electron chi connectivity index (χ4n) is 2.31. The minimum Gasteiger partial charge on any atom is -0.492 e. The van der Waals surface area contributed by atoms with Crippen molar-refractivity contribution in [3.8, 4) is 17.2 Å². The number of hydrogen-bond donors (Lipinski definition) is 1. The van der Waals surface area contributed by atoms with Crippen LogP contribution in [0.1, 0.15) is 5.56 Å². The highest BCUT2D eigenvalue weighted by molar-refractivity contribution is 8.00. The Labute approximate surface area is 151 Å². The standard InChI is InChI=1S/C19H21NO4S/c1-14-2-4-15(5-3-14)22-9-8-20-19(21)13-25-16-6-7-17-18(12-16)24-11-10-23-17/h2-7,12H,8-11,13H2,1H3,(H,20,21). The fourth-order valence-corrected chi connectivity index (χ4v) is 3.06. The molecular formula is C19H21NO4S. The first-order valence-electron chi connectivity index (χ1n) is 8.19. The summed E-state index contributed by atoms with van der Waals surface area (Å²) in [5.41, 5.74) is 1.19. The first-order chi connectivity index (χ1) is 12.2. The van der Waals surface area contributed by atoms with E-state index >= 15 is 0 Å². The normalized spacial score (nSPS) is 12.5. The second kappa shape index (κ2) is 8.67. The Bertz CT molecular complexity index is 718. The van der Waals surface area contributed by atoms with E-state index in [1.165, 1.54) is 17.3 Å². The number of carbonyl (C=O) groups excluding carboxylic acids is 1. The number of ether oxygens (including phenoxy) is 3. The Morgan fingerprint density at radius 1 is 1.12 bits per heavy atom. The lowest BCUT2D eigenvalue weighted by Gasteiger charge is -2.18. The highest BCUT2D eigenvalue weighted by Crippen LogP contribution is 2.34. The molecule has 0 radical (unpaired) electrons. The maximum Gasteiger partial charge on any atom is 0.230 e. The maximum atomic E-state index is 11.9. The molecule has 25 heavy (non-hydrogen) atoms. The minimum atomic E-state index is -0.0209. The zero-order valence-corrected chi connectivity index (χ0v) is 14.9. The van der Waals surface area contributed by atoms with E-state index in [0.29, 0.717) is 32.1 Å². The summed E-state index contributed by atoms with van der Waals surface area (Å²) in [6, 6.07) is 13.6. The van der Waals surface area contributed by atoms with Crippen LogP contribution < -0.4 is 19.5 Å². The molecular weight excluding hydrogens is 338 g/mol.